The molecular weight excluding hydrogens is 107 g/mol. The minimum Gasteiger partial charge on any atom is -0.351 e. The van der Waals surface area contributed by atoms with Crippen molar-refractivity contribution in [1.82, 2.24) is 0 Å². The Morgan fingerprint density at radius 3 is 2.62 bits per heavy atom. The van der Waals surface area contributed by atoms with Crippen molar-refractivity contribution in [2.24, 2.45) is 0 Å². The lowest BCUT2D eigenvalue weighted by atomic mass is 10.2. The molecule has 1 nitrogen and oxygen atoms in total. The van der Waals surface area contributed by atoms with Crippen LogP contribution in [0.1, 0.15) is 26.2 Å². The highest BCUT2D eigenvalue weighted by Crippen LogP contribution is 2.03. The quantitative estimate of drug-likeness (QED) is 0.552. The van der Waals surface area contributed by atoms with Gasteiger partial charge >= 0.3 is 0 Å². The Hall–Kier alpha value is -0.110. The number of hydrogen-bond acceptors (Lipinski definition) is 1. The molecule has 1 atom stereocenters. The summed E-state index contributed by atoms with van der Waals surface area (Å²) >= 11 is 0. The molecule has 0 spiro atoms. The monoisotopic (exact) mass is 120 g/mol. The molecule has 0 aliphatic heterocycles. The van der Waals surface area contributed by atoms with E-state index in [4.69, 9.17) is 0 Å². The number of hydrogen-bond donors (Lipinski definition) is 0. The zero-order valence-corrected chi connectivity index (χ0v) is 5.48. The normalized spacial score (nSPS) is 13.9. The van der Waals surface area contributed by atoms with E-state index < -0.39 is 6.36 Å². The van der Waals surface area contributed by atoms with Gasteiger partial charge in [-0.3, -0.25) is 0 Å². The van der Waals surface area contributed by atoms with Crippen LogP contribution >= 0.6 is 0 Å². The van der Waals surface area contributed by atoms with Crippen LogP contribution in [0.25, 0.3) is 0 Å². The third kappa shape index (κ3) is 4.06. The van der Waals surface area contributed by atoms with E-state index in [1.807, 2.05) is 6.92 Å². The van der Waals surface area contributed by atoms with Gasteiger partial charge < -0.3 is 4.74 Å². The number of rotatable bonds is 4. The molecular formula is C6H13FO. The molecule has 0 rings (SSSR count). The Morgan fingerprint density at radius 2 is 2.25 bits per heavy atom. The van der Waals surface area contributed by atoms with Gasteiger partial charge in [0.05, 0.1) is 0 Å². The second-order valence-electron chi connectivity index (χ2n) is 1.79. The third-order valence-corrected chi connectivity index (χ3v) is 1.04. The summed E-state index contributed by atoms with van der Waals surface area (Å²) in [5, 5.41) is 0. The number of alkyl halides is 1. The number of ether oxygens (including phenoxy) is 1. The lowest BCUT2D eigenvalue weighted by Crippen LogP contribution is -2.00. The Bertz CT molecular complexity index is 47.8. The van der Waals surface area contributed by atoms with Gasteiger partial charge in [0, 0.05) is 13.5 Å². The minimum absolute atomic E-state index is 0.535. The van der Waals surface area contributed by atoms with Crippen molar-refractivity contribution in [2.45, 2.75) is 32.5 Å². The van der Waals surface area contributed by atoms with Gasteiger partial charge in [0.25, 0.3) is 0 Å². The minimum atomic E-state index is -1.05. The summed E-state index contributed by atoms with van der Waals surface area (Å²) in [6.07, 6.45) is 1.43. The molecule has 1 unspecified atom stereocenters. The smallest absolute Gasteiger partial charge is 0.198 e. The second-order valence-corrected chi connectivity index (χ2v) is 1.79. The molecule has 0 aliphatic carbocycles. The van der Waals surface area contributed by atoms with Crippen LogP contribution in [0.4, 0.5) is 4.39 Å². The van der Waals surface area contributed by atoms with Gasteiger partial charge in [-0.1, -0.05) is 13.3 Å². The predicted molar refractivity (Wildman–Crippen MR) is 31.4 cm³/mol. The topological polar surface area (TPSA) is 9.23 Å². The van der Waals surface area contributed by atoms with Crippen molar-refractivity contribution < 1.29 is 9.13 Å². The van der Waals surface area contributed by atoms with Crippen LogP contribution in [0.15, 0.2) is 0 Å². The Balaban J connectivity index is 2.86. The Kier molecular flexibility index (Phi) is 4.97. The van der Waals surface area contributed by atoms with E-state index in [1.54, 1.807) is 0 Å². The summed E-state index contributed by atoms with van der Waals surface area (Å²) < 4.78 is 16.5. The van der Waals surface area contributed by atoms with Crippen LogP contribution in [0, 0.1) is 0 Å². The van der Waals surface area contributed by atoms with Crippen LogP contribution < -0.4 is 0 Å². The van der Waals surface area contributed by atoms with Crippen molar-refractivity contribution in [3.05, 3.63) is 0 Å². The summed E-state index contributed by atoms with van der Waals surface area (Å²) in [5.74, 6) is 0. The van der Waals surface area contributed by atoms with Crippen molar-refractivity contribution in [3.8, 4) is 0 Å². The fourth-order valence-electron chi connectivity index (χ4n) is 0.482. The number of unbranched alkanes of at least 4 members (excludes halogenated alkanes) is 1. The molecule has 0 heterocycles. The van der Waals surface area contributed by atoms with E-state index in [0.717, 1.165) is 12.8 Å². The maximum absolute atomic E-state index is 12.1. The molecule has 2 heteroatoms. The molecule has 50 valence electrons. The molecule has 0 saturated heterocycles. The van der Waals surface area contributed by atoms with Crippen LogP contribution in [0.2, 0.25) is 0 Å². The second kappa shape index (κ2) is 5.04. The Morgan fingerprint density at radius 1 is 1.62 bits per heavy atom. The summed E-state index contributed by atoms with van der Waals surface area (Å²) in [6.45, 7) is 2.03. The maximum atomic E-state index is 12.1. The van der Waals surface area contributed by atoms with Gasteiger partial charge in [0.15, 0.2) is 6.36 Å². The zero-order valence-electron chi connectivity index (χ0n) is 5.48. The van der Waals surface area contributed by atoms with E-state index in [0.29, 0.717) is 6.42 Å². The van der Waals surface area contributed by atoms with E-state index in [1.165, 1.54) is 7.11 Å². The molecule has 0 radical (unpaired) electrons. The van der Waals surface area contributed by atoms with Crippen LogP contribution in [-0.2, 0) is 4.74 Å². The first kappa shape index (κ1) is 7.89. The van der Waals surface area contributed by atoms with Crippen LogP contribution in [0.3, 0.4) is 0 Å². The highest BCUT2D eigenvalue weighted by atomic mass is 19.1. The molecule has 0 aromatic rings. The average molecular weight is 120 g/mol. The van der Waals surface area contributed by atoms with Crippen molar-refractivity contribution >= 4 is 0 Å². The SMILES string of the molecule is CCCCC(F)OC. The molecule has 0 aromatic carbocycles. The van der Waals surface area contributed by atoms with E-state index in [2.05, 4.69) is 4.74 Å². The average Bonchev–Trinajstić information content (AvgIpc) is 1.83. The highest BCUT2D eigenvalue weighted by Gasteiger charge is 1.99. The molecule has 0 amide bonds. The third-order valence-electron chi connectivity index (χ3n) is 1.04. The molecule has 0 saturated carbocycles. The fourth-order valence-corrected chi connectivity index (χ4v) is 0.482. The number of methoxy groups -OCH3 is 1. The fraction of sp³-hybridized carbons (Fsp3) is 1.00. The predicted octanol–water partition coefficient (Wildman–Crippen LogP) is 2.12. The maximum Gasteiger partial charge on any atom is 0.198 e. The van der Waals surface area contributed by atoms with Gasteiger partial charge in [0.1, 0.15) is 0 Å². The Labute approximate surface area is 49.8 Å². The first-order valence-electron chi connectivity index (χ1n) is 2.98. The first-order chi connectivity index (χ1) is 3.81. The van der Waals surface area contributed by atoms with Crippen LogP contribution in [-0.4, -0.2) is 13.5 Å². The van der Waals surface area contributed by atoms with Crippen LogP contribution in [0.5, 0.6) is 0 Å². The lowest BCUT2D eigenvalue weighted by molar-refractivity contribution is -0.0119. The van der Waals surface area contributed by atoms with E-state index in [9.17, 15) is 4.39 Å². The number of halogens is 1. The zero-order chi connectivity index (χ0) is 6.41. The largest absolute Gasteiger partial charge is 0.351 e. The summed E-state index contributed by atoms with van der Waals surface area (Å²) in [6, 6.07) is 0. The molecule has 0 fully saturated rings. The highest BCUT2D eigenvalue weighted by molar-refractivity contribution is 4.39. The molecule has 8 heavy (non-hydrogen) atoms. The molecule has 0 N–H and O–H groups in total. The van der Waals surface area contributed by atoms with Crippen molar-refractivity contribution in [2.75, 3.05) is 7.11 Å². The summed E-state index contributed by atoms with van der Waals surface area (Å²) in [7, 11) is 1.39. The van der Waals surface area contributed by atoms with Crippen molar-refractivity contribution in [3.63, 3.8) is 0 Å². The summed E-state index contributed by atoms with van der Waals surface area (Å²) in [4.78, 5) is 0. The lowest BCUT2D eigenvalue weighted by Gasteiger charge is -2.01. The van der Waals surface area contributed by atoms with Gasteiger partial charge in [-0.05, 0) is 6.42 Å². The standard InChI is InChI=1S/C6H13FO/c1-3-4-5-6(7)8-2/h6H,3-5H2,1-2H3. The van der Waals surface area contributed by atoms with Gasteiger partial charge in [-0.2, -0.15) is 0 Å². The van der Waals surface area contributed by atoms with E-state index in [-0.39, 0.29) is 0 Å². The van der Waals surface area contributed by atoms with E-state index >= 15 is 0 Å². The molecule has 0 bridgehead atoms. The summed E-state index contributed by atoms with van der Waals surface area (Å²) in [5.41, 5.74) is 0. The van der Waals surface area contributed by atoms with Gasteiger partial charge in [-0.25, -0.2) is 4.39 Å². The first-order valence-corrected chi connectivity index (χ1v) is 2.98. The molecule has 0 aliphatic rings. The van der Waals surface area contributed by atoms with Gasteiger partial charge in [0.2, 0.25) is 0 Å². The van der Waals surface area contributed by atoms with Crippen molar-refractivity contribution in [1.29, 1.82) is 0 Å². The van der Waals surface area contributed by atoms with Gasteiger partial charge in [-0.15, -0.1) is 0 Å². The molecule has 0 aromatic heterocycles.